The van der Waals surface area contributed by atoms with Crippen molar-refractivity contribution < 1.29 is 4.74 Å². The van der Waals surface area contributed by atoms with E-state index < -0.39 is 0 Å². The first-order valence-corrected chi connectivity index (χ1v) is 7.48. The van der Waals surface area contributed by atoms with Gasteiger partial charge in [-0.25, -0.2) is 4.98 Å². The van der Waals surface area contributed by atoms with Crippen LogP contribution in [0.2, 0.25) is 0 Å². The quantitative estimate of drug-likeness (QED) is 0.918. The molecule has 0 unspecified atom stereocenters. The van der Waals surface area contributed by atoms with Gasteiger partial charge in [0.1, 0.15) is 0 Å². The van der Waals surface area contributed by atoms with Crippen molar-refractivity contribution in [1.82, 2.24) is 10.3 Å². The van der Waals surface area contributed by atoms with Crippen molar-refractivity contribution in [3.8, 4) is 5.88 Å². The molecule has 0 spiro atoms. The number of methoxy groups -OCH3 is 1. The Morgan fingerprint density at radius 1 is 1.35 bits per heavy atom. The van der Waals surface area contributed by atoms with E-state index in [0.717, 1.165) is 25.6 Å². The van der Waals surface area contributed by atoms with Crippen molar-refractivity contribution in [2.45, 2.75) is 39.2 Å². The van der Waals surface area contributed by atoms with E-state index >= 15 is 0 Å². The summed E-state index contributed by atoms with van der Waals surface area (Å²) in [6, 6.07) is 4.09. The first-order valence-electron chi connectivity index (χ1n) is 7.48. The van der Waals surface area contributed by atoms with Crippen LogP contribution in [0.1, 0.15) is 33.6 Å². The molecule has 20 heavy (non-hydrogen) atoms. The lowest BCUT2D eigenvalue weighted by atomic mass is 9.95. The molecule has 1 aromatic heterocycles. The summed E-state index contributed by atoms with van der Waals surface area (Å²) in [6.45, 7) is 10.0. The third-order valence-electron chi connectivity index (χ3n) is 3.83. The maximum Gasteiger partial charge on any atom is 0.214 e. The molecule has 0 atom stereocenters. The zero-order chi connectivity index (χ0) is 14.6. The Bertz CT molecular complexity index is 420. The van der Waals surface area contributed by atoms with Gasteiger partial charge in [-0.3, -0.25) is 0 Å². The number of hydrogen-bond acceptors (Lipinski definition) is 4. The van der Waals surface area contributed by atoms with Gasteiger partial charge in [0.15, 0.2) is 0 Å². The number of aromatic nitrogens is 1. The summed E-state index contributed by atoms with van der Waals surface area (Å²) >= 11 is 0. The number of ether oxygens (including phenoxy) is 1. The van der Waals surface area contributed by atoms with Crippen LogP contribution >= 0.6 is 0 Å². The van der Waals surface area contributed by atoms with Gasteiger partial charge in [0, 0.05) is 36.6 Å². The molecule has 2 heterocycles. The smallest absolute Gasteiger partial charge is 0.214 e. The average molecular weight is 277 g/mol. The molecule has 0 amide bonds. The van der Waals surface area contributed by atoms with E-state index in [1.54, 1.807) is 7.11 Å². The Kier molecular flexibility index (Phi) is 4.86. The number of hydrogen-bond donors (Lipinski definition) is 1. The highest BCUT2D eigenvalue weighted by atomic mass is 16.5. The molecule has 1 saturated heterocycles. The SMILES string of the molecule is COc1cc(N2CCC(CNC(C)(C)C)CC2)ccn1. The van der Waals surface area contributed by atoms with Gasteiger partial charge in [0.2, 0.25) is 5.88 Å². The molecular formula is C16H27N3O. The Labute approximate surface area is 122 Å². The van der Waals surface area contributed by atoms with Crippen LogP contribution in [-0.4, -0.2) is 37.3 Å². The summed E-state index contributed by atoms with van der Waals surface area (Å²) in [7, 11) is 1.66. The highest BCUT2D eigenvalue weighted by Gasteiger charge is 2.21. The maximum atomic E-state index is 5.20. The molecule has 4 nitrogen and oxygen atoms in total. The Morgan fingerprint density at radius 2 is 2.05 bits per heavy atom. The van der Waals surface area contributed by atoms with Gasteiger partial charge in [0.25, 0.3) is 0 Å². The third-order valence-corrected chi connectivity index (χ3v) is 3.83. The Balaban J connectivity index is 1.84. The number of rotatable bonds is 4. The lowest BCUT2D eigenvalue weighted by molar-refractivity contribution is 0.328. The lowest BCUT2D eigenvalue weighted by Gasteiger charge is -2.35. The fraction of sp³-hybridized carbons (Fsp3) is 0.688. The van der Waals surface area contributed by atoms with E-state index in [4.69, 9.17) is 4.74 Å². The predicted molar refractivity (Wildman–Crippen MR) is 83.5 cm³/mol. The molecule has 1 aliphatic heterocycles. The summed E-state index contributed by atoms with van der Waals surface area (Å²) in [5, 5.41) is 3.62. The molecule has 0 radical (unpaired) electrons. The summed E-state index contributed by atoms with van der Waals surface area (Å²) in [4.78, 5) is 6.59. The monoisotopic (exact) mass is 277 g/mol. The topological polar surface area (TPSA) is 37.4 Å². The molecule has 1 N–H and O–H groups in total. The molecule has 0 saturated carbocycles. The number of pyridine rings is 1. The van der Waals surface area contributed by atoms with E-state index in [-0.39, 0.29) is 5.54 Å². The molecule has 112 valence electrons. The molecule has 4 heteroatoms. The van der Waals surface area contributed by atoms with Gasteiger partial charge < -0.3 is 15.0 Å². The van der Waals surface area contributed by atoms with Crippen LogP contribution in [0.5, 0.6) is 5.88 Å². The van der Waals surface area contributed by atoms with E-state index in [2.05, 4.69) is 42.0 Å². The molecule has 0 aliphatic carbocycles. The van der Waals surface area contributed by atoms with Crippen LogP contribution in [0.4, 0.5) is 5.69 Å². The van der Waals surface area contributed by atoms with Crippen LogP contribution in [-0.2, 0) is 0 Å². The van der Waals surface area contributed by atoms with E-state index in [9.17, 15) is 0 Å². The van der Waals surface area contributed by atoms with Gasteiger partial charge in [-0.15, -0.1) is 0 Å². The summed E-state index contributed by atoms with van der Waals surface area (Å²) in [5.41, 5.74) is 1.44. The van der Waals surface area contributed by atoms with E-state index in [0.29, 0.717) is 5.88 Å². The second-order valence-corrected chi connectivity index (χ2v) is 6.62. The maximum absolute atomic E-state index is 5.20. The summed E-state index contributed by atoms with van der Waals surface area (Å²) in [5.74, 6) is 1.48. The fourth-order valence-electron chi connectivity index (χ4n) is 2.55. The minimum Gasteiger partial charge on any atom is -0.481 e. The fourth-order valence-corrected chi connectivity index (χ4v) is 2.55. The van der Waals surface area contributed by atoms with Crippen LogP contribution in [0.3, 0.4) is 0 Å². The molecule has 2 rings (SSSR count). The molecule has 0 aromatic carbocycles. The van der Waals surface area contributed by atoms with Crippen LogP contribution in [0, 0.1) is 5.92 Å². The van der Waals surface area contributed by atoms with Gasteiger partial charge in [-0.2, -0.15) is 0 Å². The Morgan fingerprint density at radius 3 is 2.65 bits per heavy atom. The second-order valence-electron chi connectivity index (χ2n) is 6.62. The van der Waals surface area contributed by atoms with Gasteiger partial charge in [0.05, 0.1) is 7.11 Å². The number of nitrogens with zero attached hydrogens (tertiary/aromatic N) is 2. The predicted octanol–water partition coefficient (Wildman–Crippen LogP) is 2.69. The largest absolute Gasteiger partial charge is 0.481 e. The molecule has 1 aliphatic rings. The highest BCUT2D eigenvalue weighted by Crippen LogP contribution is 2.25. The van der Waals surface area contributed by atoms with Crippen LogP contribution < -0.4 is 15.0 Å². The minimum atomic E-state index is 0.218. The zero-order valence-electron chi connectivity index (χ0n) is 13.1. The van der Waals surface area contributed by atoms with Crippen molar-refractivity contribution in [2.75, 3.05) is 31.6 Å². The van der Waals surface area contributed by atoms with Crippen molar-refractivity contribution in [1.29, 1.82) is 0 Å². The first-order chi connectivity index (χ1) is 9.48. The highest BCUT2D eigenvalue weighted by molar-refractivity contribution is 5.48. The number of anilines is 1. The van der Waals surface area contributed by atoms with E-state index in [1.165, 1.54) is 18.5 Å². The molecule has 1 aromatic rings. The Hall–Kier alpha value is -1.29. The van der Waals surface area contributed by atoms with Gasteiger partial charge in [-0.1, -0.05) is 0 Å². The average Bonchev–Trinajstić information content (AvgIpc) is 2.45. The summed E-state index contributed by atoms with van der Waals surface area (Å²) < 4.78 is 5.20. The molecular weight excluding hydrogens is 250 g/mol. The van der Waals surface area contributed by atoms with Crippen LogP contribution in [0.15, 0.2) is 18.3 Å². The van der Waals surface area contributed by atoms with Crippen molar-refractivity contribution >= 4 is 5.69 Å². The van der Waals surface area contributed by atoms with Crippen molar-refractivity contribution in [3.05, 3.63) is 18.3 Å². The summed E-state index contributed by atoms with van der Waals surface area (Å²) in [6.07, 6.45) is 4.31. The van der Waals surface area contributed by atoms with Gasteiger partial charge >= 0.3 is 0 Å². The lowest BCUT2D eigenvalue weighted by Crippen LogP contribution is -2.43. The minimum absolute atomic E-state index is 0.218. The number of piperidine rings is 1. The number of nitrogens with one attached hydrogen (secondary N) is 1. The van der Waals surface area contributed by atoms with Gasteiger partial charge in [-0.05, 0) is 52.1 Å². The van der Waals surface area contributed by atoms with E-state index in [1.807, 2.05) is 12.3 Å². The molecule has 1 fully saturated rings. The normalized spacial score (nSPS) is 17.3. The van der Waals surface area contributed by atoms with Crippen molar-refractivity contribution in [3.63, 3.8) is 0 Å². The van der Waals surface area contributed by atoms with Crippen LogP contribution in [0.25, 0.3) is 0 Å². The zero-order valence-corrected chi connectivity index (χ0v) is 13.1. The first kappa shape index (κ1) is 15.1. The molecule has 0 bridgehead atoms. The third kappa shape index (κ3) is 4.37. The standard InChI is InChI=1S/C16H27N3O/c1-16(2,3)18-12-13-6-9-19(10-7-13)14-5-8-17-15(11-14)20-4/h5,8,11,13,18H,6-7,9-10,12H2,1-4H3. The van der Waals surface area contributed by atoms with Crippen molar-refractivity contribution in [2.24, 2.45) is 5.92 Å². The second kappa shape index (κ2) is 6.44.